The summed E-state index contributed by atoms with van der Waals surface area (Å²) < 4.78 is 70.3. The molecule has 3 N–H and O–H groups in total. The normalized spacial score (nSPS) is 23.8. The zero-order valence-corrected chi connectivity index (χ0v) is 51.7. The van der Waals surface area contributed by atoms with Gasteiger partial charge in [0.05, 0.1) is 49.4 Å². The van der Waals surface area contributed by atoms with Gasteiger partial charge in [0.2, 0.25) is 11.5 Å². The van der Waals surface area contributed by atoms with E-state index < -0.39 is 123 Å². The van der Waals surface area contributed by atoms with Crippen molar-refractivity contribution in [3.05, 3.63) is 92.4 Å². The molecule has 0 radical (unpaired) electrons. The number of hydrogen-bond acceptors (Lipinski definition) is 26. The number of amides is 2. The summed E-state index contributed by atoms with van der Waals surface area (Å²) in [4.78, 5) is 101. The molecule has 2 aromatic rings. The number of aliphatic hydroxyl groups is 1. The summed E-state index contributed by atoms with van der Waals surface area (Å²) in [6.45, 7) is 24.3. The van der Waals surface area contributed by atoms with Crippen molar-refractivity contribution in [3.8, 4) is 11.5 Å². The quantitative estimate of drug-likeness (QED) is 0.0248. The lowest BCUT2D eigenvalue weighted by Crippen LogP contribution is -2.51. The highest BCUT2D eigenvalue weighted by molar-refractivity contribution is 6.61. The molecule has 0 saturated carbocycles. The van der Waals surface area contributed by atoms with Crippen LogP contribution in [0.25, 0.3) is 0 Å². The molecule has 480 valence electrons. The number of aliphatic imine (C=N–C) groups is 2. The van der Waals surface area contributed by atoms with Crippen LogP contribution in [0.3, 0.4) is 0 Å². The molecule has 87 heavy (non-hydrogen) atoms. The predicted octanol–water partition coefficient (Wildman–Crippen LogP) is 8.27. The molecule has 4 heterocycles. The van der Waals surface area contributed by atoms with Gasteiger partial charge in [-0.2, -0.15) is 0 Å². The Labute approximate surface area is 506 Å². The van der Waals surface area contributed by atoms with Gasteiger partial charge in [0.25, 0.3) is 11.4 Å². The first kappa shape index (κ1) is 71.5. The molecule has 0 aromatic heterocycles. The molecular weight excluding hydrogens is 1180 g/mol. The number of nitro groups is 2. The van der Waals surface area contributed by atoms with Crippen LogP contribution in [0.1, 0.15) is 96.9 Å². The largest absolute Gasteiger partial charge is 0.514 e. The van der Waals surface area contributed by atoms with Crippen molar-refractivity contribution < 1.29 is 105 Å². The number of halogens is 1. The minimum atomic E-state index is -1.19. The number of rotatable bonds is 13. The number of alkyl carbamates (subject to hydrolysis) is 2. The monoisotopic (exact) mass is 1250 g/mol. The summed E-state index contributed by atoms with van der Waals surface area (Å²) in [7, 11) is 2.42. The van der Waals surface area contributed by atoms with Gasteiger partial charge in [-0.05, 0) is 120 Å². The van der Waals surface area contributed by atoms with Crippen molar-refractivity contribution in [2.45, 2.75) is 168 Å². The standard InChI is InChI=1S/C28H37N3O12.C21H34N2O8.C7H4ClNO4/c1-15-19(29-16(2)30-25(33)43-27(3,4)5)13-20(24(32)37-8)40-22(15)23(21-14-38-28(6,7)42-21)41-26(34)39-18-11-9-17(10-12-18)31(35)36;1-11-13(22-12(2)23-19(26)31-20(3,4)5)9-14(18(25)27-8)29-17(11)16(24)15-10-28-21(6,7)30-15;8-7(10)13-6-3-1-5(2-4-6)9(11)12/h9-13,15,19,21-23H,14H2,1-8H3,(H,29,30,33);9,11,13,15-17,24H,10H2,1-8H3,(H,22,23,26);1-4H/t15-,19+,21-,22-,23-;11-,13+,15-,16-,17-;/m11./s1. The highest BCUT2D eigenvalue weighted by Gasteiger charge is 2.50. The Hall–Kier alpha value is -8.03. The fourth-order valence-corrected chi connectivity index (χ4v) is 8.51. The number of amidine groups is 2. The maximum Gasteiger partial charge on any atom is 0.514 e. The second-order valence-electron chi connectivity index (χ2n) is 22.6. The van der Waals surface area contributed by atoms with Crippen LogP contribution >= 0.6 is 11.6 Å². The fourth-order valence-electron chi connectivity index (χ4n) is 8.42. The van der Waals surface area contributed by atoms with E-state index in [1.54, 1.807) is 90.0 Å². The van der Waals surface area contributed by atoms with E-state index in [0.29, 0.717) is 5.84 Å². The molecule has 0 bridgehead atoms. The maximum absolute atomic E-state index is 12.9. The van der Waals surface area contributed by atoms with Crippen molar-refractivity contribution in [1.29, 1.82) is 0 Å². The van der Waals surface area contributed by atoms with Crippen molar-refractivity contribution in [3.63, 3.8) is 0 Å². The topological polar surface area (TPSA) is 378 Å². The van der Waals surface area contributed by atoms with E-state index in [1.165, 1.54) is 74.9 Å². The number of hydrogen-bond donors (Lipinski definition) is 3. The zero-order chi connectivity index (χ0) is 65.5. The number of esters is 2. The fraction of sp³-hybridized carbons (Fsp3) is 0.571. The molecule has 2 aromatic carbocycles. The van der Waals surface area contributed by atoms with Crippen LogP contribution in [0, 0.1) is 32.1 Å². The number of benzene rings is 2. The van der Waals surface area contributed by atoms with E-state index in [-0.39, 0.29) is 59.4 Å². The van der Waals surface area contributed by atoms with E-state index >= 15 is 0 Å². The summed E-state index contributed by atoms with van der Waals surface area (Å²) in [5.74, 6) is -3.84. The van der Waals surface area contributed by atoms with Crippen LogP contribution in [0.4, 0.5) is 30.6 Å². The highest BCUT2D eigenvalue weighted by atomic mass is 35.5. The SMILES string of the molecule is COC(=O)C1=C[C@H](N=C(C)NC(=O)OC(C)(C)C)[C@@H](C)[C@H]([C@H](O)[C@H]2COC(C)(C)O2)O1.COC(=O)C1=C[C@H](N=C(C)NC(=O)OC(C)(C)C)[C@@H](C)[C@H]([C@H](OC(=O)Oc2ccc([N+](=O)[O-])cc2)[C@H]2COC(C)(C)O2)O1.O=C(Cl)Oc1ccc([N+](=O)[O-])cc1. The van der Waals surface area contributed by atoms with Gasteiger partial charge < -0.3 is 66.7 Å². The lowest BCUT2D eigenvalue weighted by Gasteiger charge is -2.38. The van der Waals surface area contributed by atoms with Crippen LogP contribution in [0.5, 0.6) is 11.5 Å². The average Bonchev–Trinajstić information content (AvgIpc) is 1.85. The lowest BCUT2D eigenvalue weighted by atomic mass is 9.87. The molecular formula is C56H75ClN6O24. The molecule has 0 spiro atoms. The third kappa shape index (κ3) is 23.0. The Kier molecular flexibility index (Phi) is 25.1. The smallest absolute Gasteiger partial charge is 0.480 e. The van der Waals surface area contributed by atoms with Crippen LogP contribution in [0.2, 0.25) is 0 Å². The first-order valence-corrected chi connectivity index (χ1v) is 27.3. The molecule has 31 heteroatoms. The number of nitrogens with zero attached hydrogens (tertiary/aromatic N) is 4. The summed E-state index contributed by atoms with van der Waals surface area (Å²) >= 11 is 4.92. The number of non-ortho nitro benzene ring substituents is 2. The van der Waals surface area contributed by atoms with Crippen molar-refractivity contribution in [2.75, 3.05) is 27.4 Å². The Bertz CT molecular complexity index is 2920. The molecule has 0 aliphatic carbocycles. The number of aliphatic hydroxyl groups excluding tert-OH is 1. The lowest BCUT2D eigenvalue weighted by molar-refractivity contribution is -0.385. The minimum absolute atomic E-state index is 0.00246. The van der Waals surface area contributed by atoms with E-state index in [0.717, 1.165) is 0 Å². The summed E-state index contributed by atoms with van der Waals surface area (Å²) in [6.07, 6.45) is -5.16. The molecule has 4 aliphatic rings. The highest BCUT2D eigenvalue weighted by Crippen LogP contribution is 2.37. The first-order valence-electron chi connectivity index (χ1n) is 26.9. The molecule has 2 amide bonds. The van der Waals surface area contributed by atoms with E-state index in [4.69, 9.17) is 68.4 Å². The number of carbonyl (C=O) groups excluding carboxylic acids is 6. The molecule has 6 rings (SSSR count). The number of ether oxygens (including phenoxy) is 13. The van der Waals surface area contributed by atoms with Gasteiger partial charge in [-0.15, -0.1) is 0 Å². The second kappa shape index (κ2) is 30.5. The van der Waals surface area contributed by atoms with Gasteiger partial charge in [-0.25, -0.2) is 28.8 Å². The molecule has 30 nitrogen and oxygen atoms in total. The van der Waals surface area contributed by atoms with E-state index in [2.05, 4.69) is 25.4 Å². The predicted molar refractivity (Wildman–Crippen MR) is 306 cm³/mol. The van der Waals surface area contributed by atoms with E-state index in [1.807, 2.05) is 6.92 Å². The summed E-state index contributed by atoms with van der Waals surface area (Å²) in [6, 6.07) is 8.52. The van der Waals surface area contributed by atoms with Gasteiger partial charge in [0, 0.05) is 47.7 Å². The Morgan fingerprint density at radius 2 is 1.03 bits per heavy atom. The van der Waals surface area contributed by atoms with Crippen LogP contribution < -0.4 is 20.1 Å². The number of nitro benzene ring substituents is 2. The molecule has 0 unspecified atom stereocenters. The molecule has 2 fully saturated rings. The van der Waals surface area contributed by atoms with E-state index in [9.17, 15) is 54.1 Å². The number of nitrogens with one attached hydrogen (secondary N) is 2. The molecule has 10 atom stereocenters. The third-order valence-electron chi connectivity index (χ3n) is 12.3. The van der Waals surface area contributed by atoms with Gasteiger partial charge in [0.15, 0.2) is 17.7 Å². The van der Waals surface area contributed by atoms with Gasteiger partial charge in [0.1, 0.15) is 64.9 Å². The van der Waals surface area contributed by atoms with Gasteiger partial charge >= 0.3 is 35.7 Å². The summed E-state index contributed by atoms with van der Waals surface area (Å²) in [5, 5.41) is 37.2. The molecule has 4 aliphatic heterocycles. The van der Waals surface area contributed by atoms with Gasteiger partial charge in [-0.3, -0.25) is 40.8 Å². The Morgan fingerprint density at radius 1 is 0.655 bits per heavy atom. The maximum atomic E-state index is 12.9. The minimum Gasteiger partial charge on any atom is -0.480 e. The van der Waals surface area contributed by atoms with Crippen molar-refractivity contribution in [2.24, 2.45) is 21.8 Å². The first-order chi connectivity index (χ1) is 40.3. The Balaban J connectivity index is 0.000000319. The number of methoxy groups -OCH3 is 2. The van der Waals surface area contributed by atoms with Crippen LogP contribution in [-0.4, -0.2) is 161 Å². The second-order valence-corrected chi connectivity index (χ2v) is 22.9. The van der Waals surface area contributed by atoms with Crippen molar-refractivity contribution in [1.82, 2.24) is 10.6 Å². The molecule has 2 saturated heterocycles. The van der Waals surface area contributed by atoms with Crippen molar-refractivity contribution >= 4 is 70.4 Å². The van der Waals surface area contributed by atoms with Crippen LogP contribution in [-0.2, 0) is 61.7 Å². The Morgan fingerprint density at radius 3 is 1.39 bits per heavy atom. The third-order valence-corrected chi connectivity index (χ3v) is 12.4. The van der Waals surface area contributed by atoms with Gasteiger partial charge in [-0.1, -0.05) is 13.8 Å². The zero-order valence-electron chi connectivity index (χ0n) is 51.0. The summed E-state index contributed by atoms with van der Waals surface area (Å²) in [5.41, 5.74) is -2.62. The average molecular weight is 1250 g/mol. The van der Waals surface area contributed by atoms with Crippen LogP contribution in [0.15, 0.2) is 82.2 Å². The number of carbonyl (C=O) groups is 6.